The Labute approximate surface area is 135 Å². The second-order valence-electron chi connectivity index (χ2n) is 5.16. The third-order valence-electron chi connectivity index (χ3n) is 3.56. The molecule has 1 fully saturated rings. The summed E-state index contributed by atoms with van der Waals surface area (Å²) in [7, 11) is 1.41. The van der Waals surface area contributed by atoms with Gasteiger partial charge < -0.3 is 10.6 Å². The fraction of sp³-hybridized carbons (Fsp3) is 0.133. The lowest BCUT2D eigenvalue weighted by Crippen LogP contribution is -2.25. The zero-order chi connectivity index (χ0) is 17.3. The van der Waals surface area contributed by atoms with E-state index < -0.39 is 23.5 Å². The first kappa shape index (κ1) is 15.4. The summed E-state index contributed by atoms with van der Waals surface area (Å²) in [6.45, 7) is 0. The van der Waals surface area contributed by atoms with Gasteiger partial charge in [-0.2, -0.15) is 5.10 Å². The molecular formula is C15H13N5O4. The predicted octanol–water partition coefficient (Wildman–Crippen LogP) is 0.245. The Morgan fingerprint density at radius 3 is 2.38 bits per heavy atom. The Bertz CT molecular complexity index is 854. The van der Waals surface area contributed by atoms with Gasteiger partial charge in [-0.25, -0.2) is 9.89 Å². The van der Waals surface area contributed by atoms with Gasteiger partial charge in [0.25, 0.3) is 17.4 Å². The number of anilines is 1. The Hall–Kier alpha value is -3.49. The summed E-state index contributed by atoms with van der Waals surface area (Å²) in [4.78, 5) is 47.3. The maximum Gasteiger partial charge on any atom is 0.324 e. The first-order chi connectivity index (χ1) is 11.5. The molecule has 3 N–H and O–H groups in total. The fourth-order valence-electron chi connectivity index (χ4n) is 2.23. The van der Waals surface area contributed by atoms with Crippen molar-refractivity contribution in [2.75, 3.05) is 12.4 Å². The van der Waals surface area contributed by atoms with E-state index in [1.807, 2.05) is 0 Å². The van der Waals surface area contributed by atoms with Crippen molar-refractivity contribution in [3.8, 4) is 0 Å². The van der Waals surface area contributed by atoms with Crippen LogP contribution in [-0.4, -0.2) is 40.0 Å². The van der Waals surface area contributed by atoms with Crippen LogP contribution in [0.3, 0.4) is 0 Å². The molecular weight excluding hydrogens is 314 g/mol. The topological polar surface area (TPSA) is 124 Å². The molecule has 0 aliphatic carbocycles. The van der Waals surface area contributed by atoms with Crippen LogP contribution < -0.4 is 16.2 Å². The summed E-state index contributed by atoms with van der Waals surface area (Å²) in [5.41, 5.74) is 0.766. The molecule has 0 spiro atoms. The molecule has 24 heavy (non-hydrogen) atoms. The van der Waals surface area contributed by atoms with Crippen LogP contribution in [-0.2, 0) is 4.79 Å². The number of hydrogen-bond donors (Lipinski definition) is 3. The smallest absolute Gasteiger partial charge is 0.322 e. The van der Waals surface area contributed by atoms with Crippen molar-refractivity contribution in [2.45, 2.75) is 6.04 Å². The lowest BCUT2D eigenvalue weighted by atomic mass is 10.1. The Morgan fingerprint density at radius 2 is 1.83 bits per heavy atom. The quantitative estimate of drug-likeness (QED) is 0.697. The van der Waals surface area contributed by atoms with E-state index in [9.17, 15) is 19.2 Å². The molecule has 122 valence electrons. The fourth-order valence-corrected chi connectivity index (χ4v) is 2.23. The molecule has 1 aliphatic heterocycles. The molecule has 1 saturated heterocycles. The molecule has 0 saturated carbocycles. The Morgan fingerprint density at radius 1 is 1.12 bits per heavy atom. The van der Waals surface area contributed by atoms with Crippen molar-refractivity contribution in [2.24, 2.45) is 0 Å². The molecule has 9 heteroatoms. The van der Waals surface area contributed by atoms with E-state index in [0.29, 0.717) is 11.3 Å². The summed E-state index contributed by atoms with van der Waals surface area (Å²) >= 11 is 0. The first-order valence-electron chi connectivity index (χ1n) is 7.01. The second-order valence-corrected chi connectivity index (χ2v) is 5.16. The van der Waals surface area contributed by atoms with Crippen molar-refractivity contribution >= 4 is 23.5 Å². The van der Waals surface area contributed by atoms with Crippen molar-refractivity contribution in [1.29, 1.82) is 0 Å². The van der Waals surface area contributed by atoms with E-state index in [4.69, 9.17) is 0 Å². The number of aromatic nitrogens is 2. The highest BCUT2D eigenvalue weighted by Crippen LogP contribution is 2.22. The normalized spacial score (nSPS) is 16.9. The van der Waals surface area contributed by atoms with Gasteiger partial charge >= 0.3 is 6.03 Å². The molecule has 2 heterocycles. The van der Waals surface area contributed by atoms with Crippen LogP contribution >= 0.6 is 0 Å². The Balaban J connectivity index is 1.72. The lowest BCUT2D eigenvalue weighted by Gasteiger charge is -2.10. The van der Waals surface area contributed by atoms with Crippen LogP contribution in [0.4, 0.5) is 10.5 Å². The summed E-state index contributed by atoms with van der Waals surface area (Å²) in [6, 6.07) is 7.82. The number of urea groups is 1. The number of hydrogen-bond acceptors (Lipinski definition) is 5. The highest BCUT2D eigenvalue weighted by Gasteiger charge is 2.36. The molecule has 3 rings (SSSR count). The van der Waals surface area contributed by atoms with E-state index in [2.05, 4.69) is 20.8 Å². The van der Waals surface area contributed by atoms with Gasteiger partial charge in [-0.3, -0.25) is 19.3 Å². The van der Waals surface area contributed by atoms with Crippen LogP contribution in [0.1, 0.15) is 22.1 Å². The molecule has 1 aromatic heterocycles. The minimum atomic E-state index is -0.729. The van der Waals surface area contributed by atoms with Gasteiger partial charge in [0, 0.05) is 18.8 Å². The molecule has 4 amide bonds. The zero-order valence-electron chi connectivity index (χ0n) is 12.6. The van der Waals surface area contributed by atoms with Crippen molar-refractivity contribution in [3.63, 3.8) is 0 Å². The second kappa shape index (κ2) is 5.95. The van der Waals surface area contributed by atoms with E-state index in [1.165, 1.54) is 19.2 Å². The van der Waals surface area contributed by atoms with E-state index in [0.717, 1.165) is 4.90 Å². The maximum absolute atomic E-state index is 12.0. The molecule has 1 aromatic carbocycles. The third kappa shape index (κ3) is 2.86. The van der Waals surface area contributed by atoms with Gasteiger partial charge in [0.15, 0.2) is 0 Å². The molecule has 1 aliphatic rings. The van der Waals surface area contributed by atoms with Gasteiger partial charge in [0.2, 0.25) is 0 Å². The number of imide groups is 1. The average Bonchev–Trinajstić information content (AvgIpc) is 2.84. The summed E-state index contributed by atoms with van der Waals surface area (Å²) in [5.74, 6) is -0.821. The van der Waals surface area contributed by atoms with Gasteiger partial charge in [0.05, 0.1) is 0 Å². The summed E-state index contributed by atoms with van der Waals surface area (Å²) in [5, 5.41) is 11.0. The van der Waals surface area contributed by atoms with Crippen LogP contribution in [0.5, 0.6) is 0 Å². The number of nitrogens with one attached hydrogen (secondary N) is 3. The number of carbonyl (C=O) groups excluding carboxylic acids is 3. The number of H-pyrrole nitrogens is 1. The van der Waals surface area contributed by atoms with Crippen molar-refractivity contribution < 1.29 is 14.4 Å². The third-order valence-corrected chi connectivity index (χ3v) is 3.56. The van der Waals surface area contributed by atoms with Gasteiger partial charge in [-0.1, -0.05) is 12.1 Å². The van der Waals surface area contributed by atoms with Crippen molar-refractivity contribution in [3.05, 3.63) is 58.0 Å². The molecule has 1 atom stereocenters. The highest BCUT2D eigenvalue weighted by atomic mass is 16.2. The van der Waals surface area contributed by atoms with Crippen molar-refractivity contribution in [1.82, 2.24) is 20.4 Å². The predicted molar refractivity (Wildman–Crippen MR) is 83.3 cm³/mol. The number of aromatic amines is 1. The molecule has 0 radical (unpaired) electrons. The number of carbonyl (C=O) groups is 3. The SMILES string of the molecule is CN1C(=O)NC(c2ccc(NC(=O)c3ccc(=O)[nH]n3)cc2)C1=O. The van der Waals surface area contributed by atoms with Gasteiger partial charge in [-0.05, 0) is 23.8 Å². The summed E-state index contributed by atoms with van der Waals surface area (Å²) < 4.78 is 0. The van der Waals surface area contributed by atoms with E-state index in [1.54, 1.807) is 24.3 Å². The highest BCUT2D eigenvalue weighted by molar-refractivity contribution is 6.04. The number of likely N-dealkylation sites (N-methyl/N-ethyl adjacent to an activating group) is 1. The maximum atomic E-state index is 12.0. The minimum absolute atomic E-state index is 0.0681. The van der Waals surface area contributed by atoms with Crippen LogP contribution in [0.2, 0.25) is 0 Å². The van der Waals surface area contributed by atoms with E-state index >= 15 is 0 Å². The number of nitrogens with zero attached hydrogens (tertiary/aromatic N) is 2. The van der Waals surface area contributed by atoms with Crippen LogP contribution in [0.25, 0.3) is 0 Å². The Kier molecular flexibility index (Phi) is 3.82. The number of amides is 4. The van der Waals surface area contributed by atoms with Crippen LogP contribution in [0.15, 0.2) is 41.2 Å². The number of benzene rings is 1. The minimum Gasteiger partial charge on any atom is -0.322 e. The monoisotopic (exact) mass is 327 g/mol. The van der Waals surface area contributed by atoms with Crippen LogP contribution in [0, 0.1) is 0 Å². The molecule has 2 aromatic rings. The summed E-state index contributed by atoms with van der Waals surface area (Å²) in [6.07, 6.45) is 0. The molecule has 0 bridgehead atoms. The van der Waals surface area contributed by atoms with Gasteiger partial charge in [-0.15, -0.1) is 0 Å². The van der Waals surface area contributed by atoms with E-state index in [-0.39, 0.29) is 11.6 Å². The molecule has 1 unspecified atom stereocenters. The lowest BCUT2D eigenvalue weighted by molar-refractivity contribution is -0.126. The van der Waals surface area contributed by atoms with Gasteiger partial charge in [0.1, 0.15) is 11.7 Å². The zero-order valence-corrected chi connectivity index (χ0v) is 12.6. The first-order valence-corrected chi connectivity index (χ1v) is 7.01. The average molecular weight is 327 g/mol. The molecule has 9 nitrogen and oxygen atoms in total. The number of rotatable bonds is 3. The standard InChI is InChI=1S/C15H13N5O4/c1-20-14(23)12(17-15(20)24)8-2-4-9(5-3-8)16-13(22)10-6-7-11(21)19-18-10/h2-7,12H,1H3,(H,16,22)(H,17,24)(H,19,21). The largest absolute Gasteiger partial charge is 0.324 e.